The van der Waals surface area contributed by atoms with Gasteiger partial charge < -0.3 is 9.72 Å². The molecule has 5 heteroatoms. The summed E-state index contributed by atoms with van der Waals surface area (Å²) in [5.74, 6) is 0.893. The summed E-state index contributed by atoms with van der Waals surface area (Å²) in [5, 5.41) is 11.4. The summed E-state index contributed by atoms with van der Waals surface area (Å²) in [6.07, 6.45) is 6.21. The quantitative estimate of drug-likeness (QED) is 0.652. The molecule has 2 heterocycles. The number of benzene rings is 1. The van der Waals surface area contributed by atoms with Gasteiger partial charge in [-0.25, -0.2) is 0 Å². The molecule has 92 valence electrons. The van der Waals surface area contributed by atoms with E-state index in [1.54, 1.807) is 6.20 Å². The molecule has 0 saturated carbocycles. The largest absolute Gasteiger partial charge is 0.493 e. The maximum Gasteiger partial charge on any atom is 0.235 e. The monoisotopic (exact) mass is 244 g/mol. The molecule has 0 radical (unpaired) electrons. The van der Waals surface area contributed by atoms with E-state index in [2.05, 4.69) is 4.98 Å². The molecule has 1 aromatic carbocycles. The SMILES string of the molecule is O=[N+]([O-])/C=C/c1c[nH]c2ccc3c(c12)CCCO3. The van der Waals surface area contributed by atoms with Gasteiger partial charge in [0.25, 0.3) is 0 Å². The van der Waals surface area contributed by atoms with Crippen LogP contribution in [0.2, 0.25) is 0 Å². The molecule has 0 unspecified atom stereocenters. The van der Waals surface area contributed by atoms with Crippen LogP contribution in [-0.4, -0.2) is 16.5 Å². The fourth-order valence-electron chi connectivity index (χ4n) is 2.39. The van der Waals surface area contributed by atoms with Crippen molar-refractivity contribution in [3.63, 3.8) is 0 Å². The number of nitro groups is 1. The molecule has 1 aliphatic rings. The van der Waals surface area contributed by atoms with Crippen LogP contribution >= 0.6 is 0 Å². The maximum atomic E-state index is 10.4. The van der Waals surface area contributed by atoms with Crippen molar-refractivity contribution >= 4 is 17.0 Å². The average Bonchev–Trinajstić information content (AvgIpc) is 2.80. The highest BCUT2D eigenvalue weighted by atomic mass is 16.6. The topological polar surface area (TPSA) is 68.2 Å². The highest BCUT2D eigenvalue weighted by Gasteiger charge is 2.16. The number of rotatable bonds is 2. The minimum atomic E-state index is -0.454. The first-order valence-electron chi connectivity index (χ1n) is 5.83. The van der Waals surface area contributed by atoms with Crippen molar-refractivity contribution in [3.8, 4) is 5.75 Å². The molecule has 1 aliphatic heterocycles. The first-order valence-corrected chi connectivity index (χ1v) is 5.83. The zero-order valence-electron chi connectivity index (χ0n) is 9.68. The lowest BCUT2D eigenvalue weighted by Crippen LogP contribution is -2.08. The molecule has 0 aliphatic carbocycles. The lowest BCUT2D eigenvalue weighted by Gasteiger charge is -2.18. The van der Waals surface area contributed by atoms with Crippen LogP contribution in [0.1, 0.15) is 17.5 Å². The van der Waals surface area contributed by atoms with E-state index in [1.807, 2.05) is 12.1 Å². The average molecular weight is 244 g/mol. The van der Waals surface area contributed by atoms with Gasteiger partial charge in [-0.15, -0.1) is 0 Å². The molecule has 0 saturated heterocycles. The van der Waals surface area contributed by atoms with Crippen molar-refractivity contribution < 1.29 is 9.66 Å². The Morgan fingerprint density at radius 1 is 1.44 bits per heavy atom. The maximum absolute atomic E-state index is 10.4. The van der Waals surface area contributed by atoms with Crippen LogP contribution in [0, 0.1) is 10.1 Å². The number of fused-ring (bicyclic) bond motifs is 3. The third-order valence-corrected chi connectivity index (χ3v) is 3.15. The number of nitrogens with zero attached hydrogens (tertiary/aromatic N) is 1. The minimum Gasteiger partial charge on any atom is -0.493 e. The summed E-state index contributed by atoms with van der Waals surface area (Å²) in [6, 6.07) is 3.90. The molecule has 0 spiro atoms. The minimum absolute atomic E-state index is 0.454. The molecule has 0 fully saturated rings. The number of aromatic nitrogens is 1. The van der Waals surface area contributed by atoms with Crippen molar-refractivity contribution in [2.24, 2.45) is 0 Å². The lowest BCUT2D eigenvalue weighted by molar-refractivity contribution is -0.400. The van der Waals surface area contributed by atoms with Gasteiger partial charge in [0.15, 0.2) is 0 Å². The zero-order chi connectivity index (χ0) is 12.5. The second-order valence-electron chi connectivity index (χ2n) is 4.26. The second-order valence-corrected chi connectivity index (χ2v) is 4.26. The smallest absolute Gasteiger partial charge is 0.235 e. The van der Waals surface area contributed by atoms with Gasteiger partial charge in [0.1, 0.15) is 5.75 Å². The van der Waals surface area contributed by atoms with E-state index in [0.717, 1.165) is 53.4 Å². The summed E-state index contributed by atoms with van der Waals surface area (Å²) < 4.78 is 5.61. The van der Waals surface area contributed by atoms with Gasteiger partial charge in [-0.05, 0) is 25.0 Å². The predicted octanol–water partition coefficient (Wildman–Crippen LogP) is 2.74. The van der Waals surface area contributed by atoms with E-state index < -0.39 is 4.92 Å². The summed E-state index contributed by atoms with van der Waals surface area (Å²) in [6.45, 7) is 0.739. The van der Waals surface area contributed by atoms with E-state index >= 15 is 0 Å². The first kappa shape index (κ1) is 10.8. The van der Waals surface area contributed by atoms with Gasteiger partial charge in [0.05, 0.1) is 11.5 Å². The van der Waals surface area contributed by atoms with Crippen LogP contribution in [-0.2, 0) is 6.42 Å². The van der Waals surface area contributed by atoms with Crippen LogP contribution in [0.5, 0.6) is 5.75 Å². The second kappa shape index (κ2) is 4.18. The molecule has 0 atom stereocenters. The normalized spacial score (nSPS) is 14.7. The van der Waals surface area contributed by atoms with Gasteiger partial charge in [-0.1, -0.05) is 0 Å². The Kier molecular flexibility index (Phi) is 2.51. The van der Waals surface area contributed by atoms with Crippen LogP contribution in [0.4, 0.5) is 0 Å². The van der Waals surface area contributed by atoms with E-state index in [4.69, 9.17) is 4.74 Å². The Morgan fingerprint density at radius 2 is 2.33 bits per heavy atom. The van der Waals surface area contributed by atoms with Crippen LogP contribution in [0.25, 0.3) is 17.0 Å². The number of hydrogen-bond donors (Lipinski definition) is 1. The zero-order valence-corrected chi connectivity index (χ0v) is 9.68. The van der Waals surface area contributed by atoms with Crippen molar-refractivity contribution in [1.29, 1.82) is 0 Å². The standard InChI is InChI=1S/C13H12N2O3/c16-15(17)6-5-9-8-14-11-3-4-12-10(13(9)11)2-1-7-18-12/h3-6,8,14H,1-2,7H2/b6-5+. The Labute approximate surface area is 103 Å². The van der Waals surface area contributed by atoms with Crippen molar-refractivity contribution in [2.75, 3.05) is 6.61 Å². The molecular formula is C13H12N2O3. The van der Waals surface area contributed by atoms with Gasteiger partial charge >= 0.3 is 0 Å². The fraction of sp³-hybridized carbons (Fsp3) is 0.231. The third-order valence-electron chi connectivity index (χ3n) is 3.15. The lowest BCUT2D eigenvalue weighted by atomic mass is 9.99. The van der Waals surface area contributed by atoms with E-state index in [1.165, 1.54) is 6.08 Å². The molecule has 5 nitrogen and oxygen atoms in total. The first-order chi connectivity index (χ1) is 8.75. The van der Waals surface area contributed by atoms with Gasteiger partial charge in [-0.2, -0.15) is 0 Å². The van der Waals surface area contributed by atoms with E-state index in [0.29, 0.717) is 0 Å². The number of H-pyrrole nitrogens is 1. The molecular weight excluding hydrogens is 232 g/mol. The van der Waals surface area contributed by atoms with Crippen LogP contribution in [0.3, 0.4) is 0 Å². The fourth-order valence-corrected chi connectivity index (χ4v) is 2.39. The van der Waals surface area contributed by atoms with Crippen molar-refractivity contribution in [2.45, 2.75) is 12.8 Å². The summed E-state index contributed by atoms with van der Waals surface area (Å²) >= 11 is 0. The Morgan fingerprint density at radius 3 is 3.17 bits per heavy atom. The molecule has 3 rings (SSSR count). The summed E-state index contributed by atoms with van der Waals surface area (Å²) in [4.78, 5) is 13.1. The summed E-state index contributed by atoms with van der Waals surface area (Å²) in [5.41, 5.74) is 2.97. The van der Waals surface area contributed by atoms with Gasteiger partial charge in [0.2, 0.25) is 6.20 Å². The molecule has 1 aromatic heterocycles. The number of aryl methyl sites for hydroxylation is 1. The molecule has 2 aromatic rings. The van der Waals surface area contributed by atoms with Gasteiger partial charge in [0, 0.05) is 34.3 Å². The highest BCUT2D eigenvalue weighted by Crippen LogP contribution is 2.34. The molecule has 0 amide bonds. The van der Waals surface area contributed by atoms with Gasteiger partial charge in [-0.3, -0.25) is 10.1 Å². The highest BCUT2D eigenvalue weighted by molar-refractivity contribution is 5.93. The number of ether oxygens (including phenoxy) is 1. The molecule has 18 heavy (non-hydrogen) atoms. The third kappa shape index (κ3) is 1.73. The van der Waals surface area contributed by atoms with Crippen LogP contribution in [0.15, 0.2) is 24.5 Å². The predicted molar refractivity (Wildman–Crippen MR) is 68.1 cm³/mol. The number of nitrogens with one attached hydrogen (secondary N) is 1. The van der Waals surface area contributed by atoms with Crippen molar-refractivity contribution in [3.05, 3.63) is 45.8 Å². The Bertz CT molecular complexity index is 643. The summed E-state index contributed by atoms with van der Waals surface area (Å²) in [7, 11) is 0. The molecule has 1 N–H and O–H groups in total. The number of aromatic amines is 1. The van der Waals surface area contributed by atoms with E-state index in [-0.39, 0.29) is 0 Å². The Balaban J connectivity index is 2.18. The Hall–Kier alpha value is -2.30. The molecule has 0 bridgehead atoms. The van der Waals surface area contributed by atoms with Crippen molar-refractivity contribution in [1.82, 2.24) is 4.98 Å². The number of hydrogen-bond acceptors (Lipinski definition) is 3. The van der Waals surface area contributed by atoms with Crippen LogP contribution < -0.4 is 4.74 Å². The van der Waals surface area contributed by atoms with E-state index in [9.17, 15) is 10.1 Å².